The van der Waals surface area contributed by atoms with Crippen LogP contribution in [-0.2, 0) is 18.0 Å². The molecule has 13 heteroatoms. The van der Waals surface area contributed by atoms with Crippen molar-refractivity contribution in [3.8, 4) is 0 Å². The molecule has 122 valence electrons. The Kier molecular flexibility index (Phi) is 4.30. The highest BCUT2D eigenvalue weighted by atomic mass is 19.4. The van der Waals surface area contributed by atoms with Crippen LogP contribution in [0.5, 0.6) is 0 Å². The Balaban J connectivity index is 3.35. The summed E-state index contributed by atoms with van der Waals surface area (Å²) in [6.45, 7) is 0. The van der Waals surface area contributed by atoms with E-state index in [-0.39, 0.29) is 4.68 Å². The van der Waals surface area contributed by atoms with Crippen LogP contribution in [0.4, 0.5) is 32.0 Å². The van der Waals surface area contributed by atoms with E-state index in [1.807, 2.05) is 0 Å². The molecule has 0 aromatic carbocycles. The number of aryl methyl sites for hydroxylation is 1. The molecule has 22 heavy (non-hydrogen) atoms. The summed E-state index contributed by atoms with van der Waals surface area (Å²) in [7, 11) is 0.623. The third-order valence-electron chi connectivity index (χ3n) is 2.37. The average molecular weight is 333 g/mol. The van der Waals surface area contributed by atoms with Gasteiger partial charge in [-0.2, -0.15) is 31.4 Å². The van der Waals surface area contributed by atoms with Crippen molar-refractivity contribution in [2.45, 2.75) is 18.8 Å². The Morgan fingerprint density at radius 2 is 1.73 bits per heavy atom. The molecule has 7 nitrogen and oxygen atoms in total. The monoisotopic (exact) mass is 333 g/mol. The number of ketones is 2. The van der Waals surface area contributed by atoms with Gasteiger partial charge < -0.3 is 0 Å². The minimum absolute atomic E-state index is 0.0522. The van der Waals surface area contributed by atoms with Gasteiger partial charge in [0.05, 0.1) is 11.3 Å². The van der Waals surface area contributed by atoms with Crippen molar-refractivity contribution < 1.29 is 40.9 Å². The van der Waals surface area contributed by atoms with E-state index in [1.54, 1.807) is 0 Å². The number of nitro groups is 1. The van der Waals surface area contributed by atoms with Gasteiger partial charge in [-0.05, 0) is 0 Å². The fourth-order valence-electron chi connectivity index (χ4n) is 1.52. The Morgan fingerprint density at radius 1 is 1.23 bits per heavy atom. The first-order chi connectivity index (χ1) is 9.76. The normalized spacial score (nSPS) is 12.3. The van der Waals surface area contributed by atoms with Crippen LogP contribution in [0.25, 0.3) is 0 Å². The van der Waals surface area contributed by atoms with Crippen molar-refractivity contribution in [2.75, 3.05) is 0 Å². The lowest BCUT2D eigenvalue weighted by molar-refractivity contribution is -0.388. The first kappa shape index (κ1) is 17.6. The first-order valence-electron chi connectivity index (χ1n) is 5.18. The number of carbonyl (C=O) groups excluding carboxylic acids is 2. The standard InChI is InChI=1S/C9H5F6N3O4/c1-17-7(9(13,14)15)6(18(21)22)5(16-17)3(19)2-4(20)8(10,11)12/h2H2,1H3. The summed E-state index contributed by atoms with van der Waals surface area (Å²) in [6, 6.07) is 0. The van der Waals surface area contributed by atoms with E-state index in [0.29, 0.717) is 7.05 Å². The van der Waals surface area contributed by atoms with Gasteiger partial charge in [0, 0.05) is 7.05 Å². The van der Waals surface area contributed by atoms with Gasteiger partial charge >= 0.3 is 18.0 Å². The Bertz CT molecular complexity index is 645. The summed E-state index contributed by atoms with van der Waals surface area (Å²) in [5.74, 6) is -4.38. The minimum Gasteiger partial charge on any atom is -0.292 e. The highest BCUT2D eigenvalue weighted by molar-refractivity contribution is 6.10. The second kappa shape index (κ2) is 5.38. The molecule has 0 radical (unpaired) electrons. The number of rotatable bonds is 4. The molecule has 0 amide bonds. The molecule has 0 saturated carbocycles. The molecule has 0 atom stereocenters. The van der Waals surface area contributed by atoms with E-state index < -0.39 is 52.3 Å². The third kappa shape index (κ3) is 3.40. The molecule has 0 fully saturated rings. The second-order valence-electron chi connectivity index (χ2n) is 3.95. The van der Waals surface area contributed by atoms with Gasteiger partial charge in [-0.25, -0.2) is 0 Å². The number of nitrogens with zero attached hydrogens (tertiary/aromatic N) is 3. The lowest BCUT2D eigenvalue weighted by Crippen LogP contribution is -2.25. The maximum absolute atomic E-state index is 12.7. The molecule has 1 aromatic heterocycles. The number of aromatic nitrogens is 2. The summed E-state index contributed by atoms with van der Waals surface area (Å²) in [5.41, 5.74) is -5.17. The zero-order valence-electron chi connectivity index (χ0n) is 10.4. The van der Waals surface area contributed by atoms with E-state index in [2.05, 4.69) is 5.10 Å². The second-order valence-corrected chi connectivity index (χ2v) is 3.95. The highest BCUT2D eigenvalue weighted by Crippen LogP contribution is 2.38. The maximum Gasteiger partial charge on any atom is 0.450 e. The molecule has 1 heterocycles. The Hall–Kier alpha value is -2.47. The predicted octanol–water partition coefficient (Wildman–Crippen LogP) is 2.05. The molecule has 0 unspecified atom stereocenters. The van der Waals surface area contributed by atoms with Gasteiger partial charge in [0.1, 0.15) is 0 Å². The van der Waals surface area contributed by atoms with Crippen molar-refractivity contribution in [1.82, 2.24) is 9.78 Å². The van der Waals surface area contributed by atoms with Crippen molar-refractivity contribution >= 4 is 17.3 Å². The average Bonchev–Trinajstić information content (AvgIpc) is 2.65. The molecular formula is C9H5F6N3O4. The maximum atomic E-state index is 12.7. The molecular weight excluding hydrogens is 328 g/mol. The Morgan fingerprint density at radius 3 is 2.09 bits per heavy atom. The zero-order chi connectivity index (χ0) is 17.5. The number of alkyl halides is 6. The molecule has 0 spiro atoms. The van der Waals surface area contributed by atoms with Crippen LogP contribution in [0, 0.1) is 10.1 Å². The van der Waals surface area contributed by atoms with Crippen LogP contribution >= 0.6 is 0 Å². The summed E-state index contributed by atoms with van der Waals surface area (Å²) in [5, 5.41) is 13.6. The minimum atomic E-state index is -5.40. The highest BCUT2D eigenvalue weighted by Gasteiger charge is 2.47. The molecule has 0 aliphatic heterocycles. The number of Topliss-reactive ketones (excluding diaryl/α,β-unsaturated/α-hetero) is 2. The number of hydrogen-bond acceptors (Lipinski definition) is 5. The number of hydrogen-bond donors (Lipinski definition) is 0. The predicted molar refractivity (Wildman–Crippen MR) is 54.9 cm³/mol. The van der Waals surface area contributed by atoms with E-state index in [0.717, 1.165) is 0 Å². The molecule has 1 aromatic rings. The fraction of sp³-hybridized carbons (Fsp3) is 0.444. The summed E-state index contributed by atoms with van der Waals surface area (Å²) in [4.78, 5) is 31.2. The smallest absolute Gasteiger partial charge is 0.292 e. The van der Waals surface area contributed by atoms with Crippen LogP contribution in [0.3, 0.4) is 0 Å². The summed E-state index contributed by atoms with van der Waals surface area (Å²) >= 11 is 0. The van der Waals surface area contributed by atoms with Gasteiger partial charge in [-0.3, -0.25) is 24.4 Å². The van der Waals surface area contributed by atoms with Gasteiger partial charge in [0.25, 0.3) is 0 Å². The molecule has 0 bridgehead atoms. The quantitative estimate of drug-likeness (QED) is 0.276. The number of carbonyl (C=O) groups is 2. The van der Waals surface area contributed by atoms with Crippen LogP contribution in [0.15, 0.2) is 0 Å². The van der Waals surface area contributed by atoms with Crippen molar-refractivity contribution in [1.29, 1.82) is 0 Å². The van der Waals surface area contributed by atoms with E-state index in [1.165, 1.54) is 0 Å². The van der Waals surface area contributed by atoms with Crippen LogP contribution in [0.1, 0.15) is 22.6 Å². The molecule has 0 N–H and O–H groups in total. The Labute approximate surface area is 116 Å². The van der Waals surface area contributed by atoms with Gasteiger partial charge in [0.15, 0.2) is 5.78 Å². The topological polar surface area (TPSA) is 95.1 Å². The molecule has 1 rings (SSSR count). The largest absolute Gasteiger partial charge is 0.450 e. The summed E-state index contributed by atoms with van der Waals surface area (Å²) in [6.07, 6.45) is -12.5. The third-order valence-corrected chi connectivity index (χ3v) is 2.37. The van der Waals surface area contributed by atoms with E-state index >= 15 is 0 Å². The van der Waals surface area contributed by atoms with Crippen LogP contribution in [-0.4, -0.2) is 32.4 Å². The van der Waals surface area contributed by atoms with Crippen molar-refractivity contribution in [3.05, 3.63) is 21.5 Å². The lowest BCUT2D eigenvalue weighted by Gasteiger charge is -2.05. The SMILES string of the molecule is Cn1nc(C(=O)CC(=O)C(F)(F)F)c([N+](=O)[O-])c1C(F)(F)F. The van der Waals surface area contributed by atoms with Gasteiger partial charge in [-0.1, -0.05) is 0 Å². The molecule has 0 aliphatic rings. The molecule has 0 saturated heterocycles. The van der Waals surface area contributed by atoms with Crippen LogP contribution in [0.2, 0.25) is 0 Å². The van der Waals surface area contributed by atoms with Gasteiger partial charge in [0.2, 0.25) is 17.2 Å². The van der Waals surface area contributed by atoms with E-state index in [4.69, 9.17) is 0 Å². The zero-order valence-corrected chi connectivity index (χ0v) is 10.4. The van der Waals surface area contributed by atoms with Crippen molar-refractivity contribution in [3.63, 3.8) is 0 Å². The lowest BCUT2D eigenvalue weighted by atomic mass is 10.1. The van der Waals surface area contributed by atoms with Crippen molar-refractivity contribution in [2.24, 2.45) is 7.05 Å². The van der Waals surface area contributed by atoms with E-state index in [9.17, 15) is 46.0 Å². The van der Waals surface area contributed by atoms with Gasteiger partial charge in [-0.15, -0.1) is 0 Å². The number of halogens is 6. The first-order valence-corrected chi connectivity index (χ1v) is 5.18. The molecule has 0 aliphatic carbocycles. The summed E-state index contributed by atoms with van der Waals surface area (Å²) < 4.78 is 74.0. The van der Waals surface area contributed by atoms with Crippen LogP contribution < -0.4 is 0 Å². The fourth-order valence-corrected chi connectivity index (χ4v) is 1.52.